The maximum atomic E-state index is 9.67. The van der Waals surface area contributed by atoms with Gasteiger partial charge in [0, 0.05) is 0 Å². The van der Waals surface area contributed by atoms with E-state index < -0.39 is 0 Å². The maximum Gasteiger partial charge on any atom is 0.0574 e. The SMILES string of the molecule is O[C@H]1C[C@H]2C[C@@H]1[C@H]1CCC[C@H]21. The van der Waals surface area contributed by atoms with Crippen molar-refractivity contribution in [3.63, 3.8) is 0 Å². The molecule has 62 valence electrons. The topological polar surface area (TPSA) is 20.2 Å². The predicted molar refractivity (Wildman–Crippen MR) is 43.1 cm³/mol. The molecule has 1 nitrogen and oxygen atoms in total. The normalized spacial score (nSPS) is 60.3. The van der Waals surface area contributed by atoms with E-state index in [1.807, 2.05) is 0 Å². The van der Waals surface area contributed by atoms with Gasteiger partial charge in [-0.05, 0) is 49.4 Å². The number of fused-ring (bicyclic) bond motifs is 5. The second-order valence-electron chi connectivity index (χ2n) is 4.72. The highest BCUT2D eigenvalue weighted by Gasteiger charge is 2.53. The van der Waals surface area contributed by atoms with E-state index in [0.717, 1.165) is 24.2 Å². The number of rotatable bonds is 0. The molecule has 0 aliphatic heterocycles. The summed E-state index contributed by atoms with van der Waals surface area (Å²) >= 11 is 0. The Kier molecular flexibility index (Phi) is 1.18. The van der Waals surface area contributed by atoms with Gasteiger partial charge in [0.25, 0.3) is 0 Å². The molecule has 0 heterocycles. The van der Waals surface area contributed by atoms with Crippen molar-refractivity contribution >= 4 is 0 Å². The summed E-state index contributed by atoms with van der Waals surface area (Å²) in [7, 11) is 0. The van der Waals surface area contributed by atoms with Gasteiger partial charge in [-0.3, -0.25) is 0 Å². The van der Waals surface area contributed by atoms with E-state index in [1.165, 1.54) is 25.7 Å². The van der Waals surface area contributed by atoms with E-state index in [1.54, 1.807) is 0 Å². The van der Waals surface area contributed by atoms with Crippen LogP contribution in [0.1, 0.15) is 32.1 Å². The van der Waals surface area contributed by atoms with Crippen molar-refractivity contribution in [2.45, 2.75) is 38.2 Å². The Morgan fingerprint density at radius 3 is 2.64 bits per heavy atom. The third-order valence-corrected chi connectivity index (χ3v) is 4.39. The molecule has 3 rings (SSSR count). The summed E-state index contributed by atoms with van der Waals surface area (Å²) in [5, 5.41) is 9.67. The van der Waals surface area contributed by atoms with Gasteiger partial charge in [-0.15, -0.1) is 0 Å². The second kappa shape index (κ2) is 2.01. The first-order valence-corrected chi connectivity index (χ1v) is 5.04. The van der Waals surface area contributed by atoms with Gasteiger partial charge in [-0.2, -0.15) is 0 Å². The van der Waals surface area contributed by atoms with Gasteiger partial charge >= 0.3 is 0 Å². The average molecular weight is 152 g/mol. The van der Waals surface area contributed by atoms with E-state index in [-0.39, 0.29) is 6.10 Å². The number of aliphatic hydroxyl groups excluding tert-OH is 1. The highest BCUT2D eigenvalue weighted by molar-refractivity contribution is 5.02. The lowest BCUT2D eigenvalue weighted by Crippen LogP contribution is -2.27. The summed E-state index contributed by atoms with van der Waals surface area (Å²) < 4.78 is 0. The van der Waals surface area contributed by atoms with E-state index in [0.29, 0.717) is 5.92 Å². The van der Waals surface area contributed by atoms with E-state index >= 15 is 0 Å². The summed E-state index contributed by atoms with van der Waals surface area (Å²) in [6, 6.07) is 0. The molecule has 3 aliphatic rings. The highest BCUT2D eigenvalue weighted by atomic mass is 16.3. The third-order valence-electron chi connectivity index (χ3n) is 4.39. The zero-order chi connectivity index (χ0) is 7.42. The van der Waals surface area contributed by atoms with Crippen molar-refractivity contribution in [3.8, 4) is 0 Å². The van der Waals surface area contributed by atoms with Crippen molar-refractivity contribution in [2.75, 3.05) is 0 Å². The van der Waals surface area contributed by atoms with Crippen molar-refractivity contribution in [1.29, 1.82) is 0 Å². The van der Waals surface area contributed by atoms with Crippen LogP contribution in [0.25, 0.3) is 0 Å². The molecule has 1 heteroatoms. The molecule has 5 atom stereocenters. The van der Waals surface area contributed by atoms with Gasteiger partial charge < -0.3 is 5.11 Å². The molecule has 11 heavy (non-hydrogen) atoms. The molecule has 1 N–H and O–H groups in total. The monoisotopic (exact) mass is 152 g/mol. The van der Waals surface area contributed by atoms with Crippen LogP contribution < -0.4 is 0 Å². The maximum absolute atomic E-state index is 9.67. The van der Waals surface area contributed by atoms with Crippen LogP contribution in [0.4, 0.5) is 0 Å². The molecule has 0 radical (unpaired) electrons. The fourth-order valence-corrected chi connectivity index (χ4v) is 4.03. The zero-order valence-electron chi connectivity index (χ0n) is 6.87. The highest BCUT2D eigenvalue weighted by Crippen LogP contribution is 2.58. The smallest absolute Gasteiger partial charge is 0.0574 e. The standard InChI is InChI=1S/C10H16O/c11-10-5-6-4-9(10)8-3-1-2-7(6)8/h6-11H,1-5H2/t6-,7-,8+,9-,10+/m1/s1. The Labute approximate surface area is 67.8 Å². The van der Waals surface area contributed by atoms with Crippen LogP contribution in [-0.4, -0.2) is 11.2 Å². The van der Waals surface area contributed by atoms with Gasteiger partial charge in [-0.1, -0.05) is 6.42 Å². The average Bonchev–Trinajstić information content (AvgIpc) is 2.52. The van der Waals surface area contributed by atoms with Crippen LogP contribution in [0.2, 0.25) is 0 Å². The van der Waals surface area contributed by atoms with Gasteiger partial charge in [0.1, 0.15) is 0 Å². The van der Waals surface area contributed by atoms with Crippen LogP contribution >= 0.6 is 0 Å². The molecule has 0 saturated heterocycles. The van der Waals surface area contributed by atoms with Gasteiger partial charge in [0.05, 0.1) is 6.10 Å². The van der Waals surface area contributed by atoms with Gasteiger partial charge in [0.2, 0.25) is 0 Å². The second-order valence-corrected chi connectivity index (χ2v) is 4.72. The van der Waals surface area contributed by atoms with E-state index in [4.69, 9.17) is 0 Å². The predicted octanol–water partition coefficient (Wildman–Crippen LogP) is 1.80. The molecule has 0 spiro atoms. The minimum Gasteiger partial charge on any atom is -0.393 e. The fraction of sp³-hybridized carbons (Fsp3) is 1.00. The van der Waals surface area contributed by atoms with Gasteiger partial charge in [-0.25, -0.2) is 0 Å². The Morgan fingerprint density at radius 1 is 0.909 bits per heavy atom. The molecular formula is C10H16O. The van der Waals surface area contributed by atoms with Gasteiger partial charge in [0.15, 0.2) is 0 Å². The molecule has 3 saturated carbocycles. The van der Waals surface area contributed by atoms with Crippen LogP contribution in [0.5, 0.6) is 0 Å². The summed E-state index contributed by atoms with van der Waals surface area (Å²) in [5.41, 5.74) is 0. The Balaban J connectivity index is 1.90. The minimum atomic E-state index is 0.0827. The molecule has 0 aromatic carbocycles. The van der Waals surface area contributed by atoms with E-state index in [2.05, 4.69) is 0 Å². The van der Waals surface area contributed by atoms with Crippen LogP contribution in [-0.2, 0) is 0 Å². The van der Waals surface area contributed by atoms with Crippen molar-refractivity contribution in [1.82, 2.24) is 0 Å². The Morgan fingerprint density at radius 2 is 1.73 bits per heavy atom. The third kappa shape index (κ3) is 0.703. The zero-order valence-corrected chi connectivity index (χ0v) is 6.87. The lowest BCUT2D eigenvalue weighted by molar-refractivity contribution is 0.0642. The molecule has 3 aliphatic carbocycles. The lowest BCUT2D eigenvalue weighted by Gasteiger charge is -2.28. The largest absolute Gasteiger partial charge is 0.393 e. The lowest BCUT2D eigenvalue weighted by atomic mass is 9.80. The molecule has 0 amide bonds. The Bertz CT molecular complexity index is 178. The number of hydrogen-bond donors (Lipinski definition) is 1. The molecule has 0 unspecified atom stereocenters. The number of aliphatic hydroxyl groups is 1. The molecule has 3 fully saturated rings. The molecule has 0 aromatic rings. The van der Waals surface area contributed by atoms with Crippen LogP contribution in [0.15, 0.2) is 0 Å². The molecule has 2 bridgehead atoms. The quantitative estimate of drug-likeness (QED) is 0.561. The first kappa shape index (κ1) is 6.47. The minimum absolute atomic E-state index is 0.0827. The van der Waals surface area contributed by atoms with E-state index in [9.17, 15) is 5.11 Å². The summed E-state index contributed by atoms with van der Waals surface area (Å²) in [6.45, 7) is 0. The summed E-state index contributed by atoms with van der Waals surface area (Å²) in [5.74, 6) is 3.60. The molecular weight excluding hydrogens is 136 g/mol. The Hall–Kier alpha value is -0.0400. The van der Waals surface area contributed by atoms with Crippen molar-refractivity contribution in [2.24, 2.45) is 23.7 Å². The summed E-state index contributed by atoms with van der Waals surface area (Å²) in [6.07, 6.45) is 6.90. The van der Waals surface area contributed by atoms with Crippen molar-refractivity contribution in [3.05, 3.63) is 0 Å². The molecule has 0 aromatic heterocycles. The first-order valence-electron chi connectivity index (χ1n) is 5.04. The van der Waals surface area contributed by atoms with Crippen molar-refractivity contribution < 1.29 is 5.11 Å². The summed E-state index contributed by atoms with van der Waals surface area (Å²) in [4.78, 5) is 0. The van der Waals surface area contributed by atoms with Crippen LogP contribution in [0.3, 0.4) is 0 Å². The number of hydrogen-bond acceptors (Lipinski definition) is 1. The fourth-order valence-electron chi connectivity index (χ4n) is 4.03. The first-order chi connectivity index (χ1) is 5.36. The van der Waals surface area contributed by atoms with Crippen LogP contribution in [0, 0.1) is 23.7 Å².